The van der Waals surface area contributed by atoms with Crippen molar-refractivity contribution in [1.82, 2.24) is 0 Å². The minimum Gasteiger partial charge on any atom is -0.458 e. The molecule has 5 heteroatoms. The number of carbonyl (C=O) groups is 1. The van der Waals surface area contributed by atoms with Crippen molar-refractivity contribution >= 4 is 18.4 Å². The molecule has 3 N–H and O–H groups in total. The fraction of sp³-hybridized carbons (Fsp3) is 0.900. The van der Waals surface area contributed by atoms with Crippen LogP contribution in [0.3, 0.4) is 0 Å². The quantitative estimate of drug-likeness (QED) is 0.724. The number of halogens is 1. The van der Waals surface area contributed by atoms with Crippen LogP contribution in [0, 0.1) is 0 Å². The van der Waals surface area contributed by atoms with Crippen molar-refractivity contribution in [3.63, 3.8) is 0 Å². The molecule has 0 heterocycles. The molecule has 0 rings (SSSR count). The zero-order valence-corrected chi connectivity index (χ0v) is 10.6. The molecule has 0 aliphatic rings. The first kappa shape index (κ1) is 17.1. The van der Waals surface area contributed by atoms with Gasteiger partial charge in [0.1, 0.15) is 5.60 Å². The summed E-state index contributed by atoms with van der Waals surface area (Å²) in [5.41, 5.74) is 5.02. The SMILES string of the molecule is CCCC(N)C(O)C(=O)OC(C)(C)C.Cl. The standard InChI is InChI=1S/C10H21NO3.ClH/c1-5-6-7(11)8(12)9(13)14-10(2,3)4;/h7-8,12H,5-6,11H2,1-4H3;1H. The Morgan fingerprint density at radius 3 is 2.27 bits per heavy atom. The van der Waals surface area contributed by atoms with Gasteiger partial charge in [0.2, 0.25) is 0 Å². The summed E-state index contributed by atoms with van der Waals surface area (Å²) in [6.07, 6.45) is 0.232. The molecule has 0 aromatic carbocycles. The van der Waals surface area contributed by atoms with Crippen LogP contribution in [-0.2, 0) is 9.53 Å². The highest BCUT2D eigenvalue weighted by Crippen LogP contribution is 2.10. The number of hydrogen-bond acceptors (Lipinski definition) is 4. The molecule has 0 aromatic heterocycles. The maximum absolute atomic E-state index is 11.3. The van der Waals surface area contributed by atoms with Gasteiger partial charge in [-0.05, 0) is 27.2 Å². The number of hydrogen-bond donors (Lipinski definition) is 2. The molecule has 0 saturated heterocycles. The second-order valence-corrected chi connectivity index (χ2v) is 4.43. The van der Waals surface area contributed by atoms with E-state index in [1.165, 1.54) is 0 Å². The van der Waals surface area contributed by atoms with Crippen LogP contribution in [0.15, 0.2) is 0 Å². The highest BCUT2D eigenvalue weighted by molar-refractivity contribution is 5.85. The van der Waals surface area contributed by atoms with Crippen molar-refractivity contribution in [2.45, 2.75) is 58.3 Å². The summed E-state index contributed by atoms with van der Waals surface area (Å²) in [5, 5.41) is 9.48. The third kappa shape index (κ3) is 7.59. The molecule has 4 nitrogen and oxygen atoms in total. The van der Waals surface area contributed by atoms with Crippen LogP contribution >= 0.6 is 12.4 Å². The minimum atomic E-state index is -1.21. The van der Waals surface area contributed by atoms with E-state index >= 15 is 0 Å². The first-order chi connectivity index (χ1) is 6.28. The summed E-state index contributed by atoms with van der Waals surface area (Å²) >= 11 is 0. The Kier molecular flexibility index (Phi) is 8.02. The van der Waals surface area contributed by atoms with E-state index < -0.39 is 23.7 Å². The Balaban J connectivity index is 0. The molecule has 2 atom stereocenters. The lowest BCUT2D eigenvalue weighted by atomic mass is 10.1. The number of rotatable bonds is 4. The lowest BCUT2D eigenvalue weighted by Crippen LogP contribution is -2.43. The molecule has 0 radical (unpaired) electrons. The number of ether oxygens (including phenoxy) is 1. The molecule has 0 bridgehead atoms. The van der Waals surface area contributed by atoms with Crippen LogP contribution in [0.2, 0.25) is 0 Å². The predicted molar refractivity (Wildman–Crippen MR) is 62.0 cm³/mol. The van der Waals surface area contributed by atoms with E-state index in [4.69, 9.17) is 10.5 Å². The molecule has 0 aliphatic heterocycles. The Hall–Kier alpha value is -0.320. The average molecular weight is 240 g/mol. The van der Waals surface area contributed by atoms with Gasteiger partial charge in [0.05, 0.1) is 0 Å². The Morgan fingerprint density at radius 2 is 1.93 bits per heavy atom. The third-order valence-corrected chi connectivity index (χ3v) is 1.68. The Morgan fingerprint density at radius 1 is 1.47 bits per heavy atom. The minimum absolute atomic E-state index is 0. The van der Waals surface area contributed by atoms with Crippen molar-refractivity contribution in [3.05, 3.63) is 0 Å². The molecule has 0 aliphatic carbocycles. The highest BCUT2D eigenvalue weighted by atomic mass is 35.5. The molecule has 15 heavy (non-hydrogen) atoms. The van der Waals surface area contributed by atoms with E-state index in [0.717, 1.165) is 6.42 Å². The van der Waals surface area contributed by atoms with Crippen molar-refractivity contribution in [2.75, 3.05) is 0 Å². The zero-order chi connectivity index (χ0) is 11.4. The maximum atomic E-state index is 11.3. The van der Waals surface area contributed by atoms with Gasteiger partial charge in [0.25, 0.3) is 0 Å². The second kappa shape index (κ2) is 7.04. The Labute approximate surface area is 97.6 Å². The monoisotopic (exact) mass is 239 g/mol. The van der Waals surface area contributed by atoms with Crippen LogP contribution in [0.25, 0.3) is 0 Å². The molecular formula is C10H22ClNO3. The van der Waals surface area contributed by atoms with Crippen molar-refractivity contribution in [3.8, 4) is 0 Å². The highest BCUT2D eigenvalue weighted by Gasteiger charge is 2.27. The van der Waals surface area contributed by atoms with Gasteiger partial charge in [-0.1, -0.05) is 13.3 Å². The van der Waals surface area contributed by atoms with E-state index in [-0.39, 0.29) is 12.4 Å². The van der Waals surface area contributed by atoms with Gasteiger partial charge >= 0.3 is 5.97 Å². The van der Waals surface area contributed by atoms with Gasteiger partial charge in [-0.25, -0.2) is 4.79 Å². The topological polar surface area (TPSA) is 72.5 Å². The maximum Gasteiger partial charge on any atom is 0.337 e. The Bertz CT molecular complexity index is 192. The fourth-order valence-corrected chi connectivity index (χ4v) is 1.03. The summed E-state index contributed by atoms with van der Waals surface area (Å²) in [5.74, 6) is -0.640. The number of aliphatic hydroxyl groups excluding tert-OH is 1. The normalized spacial score (nSPS) is 15.1. The molecule has 2 unspecified atom stereocenters. The smallest absolute Gasteiger partial charge is 0.337 e. The van der Waals surface area contributed by atoms with E-state index in [1.807, 2.05) is 6.92 Å². The molecule has 0 aromatic rings. The fourth-order valence-electron chi connectivity index (χ4n) is 1.03. The molecule has 0 spiro atoms. The molecule has 0 saturated carbocycles. The average Bonchev–Trinajstić information content (AvgIpc) is 2.00. The van der Waals surface area contributed by atoms with Crippen molar-refractivity contribution in [2.24, 2.45) is 5.73 Å². The third-order valence-electron chi connectivity index (χ3n) is 1.68. The molecular weight excluding hydrogens is 218 g/mol. The second-order valence-electron chi connectivity index (χ2n) is 4.43. The first-order valence-electron chi connectivity index (χ1n) is 4.94. The van der Waals surface area contributed by atoms with Gasteiger partial charge in [-0.15, -0.1) is 12.4 Å². The number of esters is 1. The van der Waals surface area contributed by atoms with Gasteiger partial charge in [0, 0.05) is 6.04 Å². The summed E-state index contributed by atoms with van der Waals surface area (Å²) in [6, 6.07) is -0.533. The summed E-state index contributed by atoms with van der Waals surface area (Å²) in [7, 11) is 0. The predicted octanol–water partition coefficient (Wildman–Crippen LogP) is 1.24. The van der Waals surface area contributed by atoms with Crippen molar-refractivity contribution < 1.29 is 14.6 Å². The summed E-state index contributed by atoms with van der Waals surface area (Å²) in [6.45, 7) is 7.20. The number of nitrogens with two attached hydrogens (primary N) is 1. The molecule has 0 fully saturated rings. The van der Waals surface area contributed by atoms with Crippen LogP contribution in [0.1, 0.15) is 40.5 Å². The van der Waals surface area contributed by atoms with E-state index in [2.05, 4.69) is 0 Å². The molecule has 0 amide bonds. The first-order valence-corrected chi connectivity index (χ1v) is 4.94. The number of aliphatic hydroxyl groups is 1. The van der Waals surface area contributed by atoms with Crippen LogP contribution < -0.4 is 5.73 Å². The zero-order valence-electron chi connectivity index (χ0n) is 9.82. The van der Waals surface area contributed by atoms with Gasteiger partial charge < -0.3 is 15.6 Å². The van der Waals surface area contributed by atoms with Crippen molar-refractivity contribution in [1.29, 1.82) is 0 Å². The van der Waals surface area contributed by atoms with Crippen LogP contribution in [-0.4, -0.2) is 28.8 Å². The van der Waals surface area contributed by atoms with E-state index in [9.17, 15) is 9.90 Å². The summed E-state index contributed by atoms with van der Waals surface area (Å²) < 4.78 is 5.00. The van der Waals surface area contributed by atoms with E-state index in [1.54, 1.807) is 20.8 Å². The van der Waals surface area contributed by atoms with Gasteiger partial charge in [-0.3, -0.25) is 0 Å². The summed E-state index contributed by atoms with van der Waals surface area (Å²) in [4.78, 5) is 11.3. The van der Waals surface area contributed by atoms with Gasteiger partial charge in [0.15, 0.2) is 6.10 Å². The van der Waals surface area contributed by atoms with E-state index in [0.29, 0.717) is 6.42 Å². The van der Waals surface area contributed by atoms with Gasteiger partial charge in [-0.2, -0.15) is 0 Å². The molecule has 92 valence electrons. The van der Waals surface area contributed by atoms with Crippen LogP contribution in [0.5, 0.6) is 0 Å². The van der Waals surface area contributed by atoms with Crippen LogP contribution in [0.4, 0.5) is 0 Å². The lowest BCUT2D eigenvalue weighted by Gasteiger charge is -2.24. The lowest BCUT2D eigenvalue weighted by molar-refractivity contribution is -0.166. The number of carbonyl (C=O) groups excluding carboxylic acids is 1. The largest absolute Gasteiger partial charge is 0.458 e.